The smallest absolute Gasteiger partial charge is 0.00272 e. The van der Waals surface area contributed by atoms with Crippen molar-refractivity contribution in [3.63, 3.8) is 0 Å². The SMILES string of the molecule is CC(C)=N.Cl.SCl.SCl. The number of thiol groups is 2. The zero-order valence-corrected chi connectivity index (χ0v) is 9.18. The molecule has 0 atom stereocenters. The first-order valence-electron chi connectivity index (χ1n) is 1.59. The first-order valence-corrected chi connectivity index (χ1v) is 4.29. The van der Waals surface area contributed by atoms with E-state index in [4.69, 9.17) is 5.41 Å². The van der Waals surface area contributed by atoms with Crippen LogP contribution in [0.2, 0.25) is 0 Å². The maximum absolute atomic E-state index is 6.50. The van der Waals surface area contributed by atoms with Crippen LogP contribution in [0.5, 0.6) is 0 Å². The molecular weight excluding hydrogens is 221 g/mol. The number of nitrogens with one attached hydrogen (secondary N) is 1. The Morgan fingerprint density at radius 1 is 1.11 bits per heavy atom. The van der Waals surface area contributed by atoms with Gasteiger partial charge in [0, 0.05) is 5.71 Å². The van der Waals surface area contributed by atoms with Crippen LogP contribution in [-0.2, 0) is 0 Å². The third-order valence-corrected chi connectivity index (χ3v) is 0. The Hall–Kier alpha value is 1.24. The van der Waals surface area contributed by atoms with E-state index in [0.29, 0.717) is 5.71 Å². The lowest BCUT2D eigenvalue weighted by Crippen LogP contribution is -1.67. The molecule has 0 fully saturated rings. The molecule has 0 saturated heterocycles. The first-order chi connectivity index (χ1) is 3.73. The first kappa shape index (κ1) is 22.5. The summed E-state index contributed by atoms with van der Waals surface area (Å²) in [5, 5.41) is 6.50. The second kappa shape index (κ2) is 34.9. The lowest BCUT2D eigenvalue weighted by molar-refractivity contribution is 1.45. The normalized spacial score (nSPS) is 4.22. The maximum Gasteiger partial charge on any atom is 0.00272 e. The van der Waals surface area contributed by atoms with Gasteiger partial charge in [0.2, 0.25) is 0 Å². The molecule has 0 radical (unpaired) electrons. The van der Waals surface area contributed by atoms with Crippen molar-refractivity contribution < 1.29 is 0 Å². The number of hydrogen-bond donors (Lipinski definition) is 3. The molecule has 9 heavy (non-hydrogen) atoms. The predicted octanol–water partition coefficient (Wildman–Crippen LogP) is 3.61. The molecule has 0 unspecified atom stereocenters. The van der Waals surface area contributed by atoms with Crippen molar-refractivity contribution >= 4 is 63.2 Å². The van der Waals surface area contributed by atoms with Gasteiger partial charge in [0.05, 0.1) is 0 Å². The van der Waals surface area contributed by atoms with E-state index < -0.39 is 0 Å². The van der Waals surface area contributed by atoms with Crippen molar-refractivity contribution in [3.8, 4) is 0 Å². The molecule has 1 nitrogen and oxygen atoms in total. The minimum Gasteiger partial charge on any atom is -0.310 e. The second-order valence-corrected chi connectivity index (χ2v) is 1.00. The highest BCUT2D eigenvalue weighted by Crippen LogP contribution is 1.67. The average molecular weight is 231 g/mol. The van der Waals surface area contributed by atoms with Gasteiger partial charge in [-0.3, -0.25) is 0 Å². The Labute approximate surface area is 82.2 Å². The highest BCUT2D eigenvalue weighted by molar-refractivity contribution is 8.05. The van der Waals surface area contributed by atoms with Crippen molar-refractivity contribution in [2.45, 2.75) is 13.8 Å². The second-order valence-electron chi connectivity index (χ2n) is 1.00. The van der Waals surface area contributed by atoms with E-state index in [2.05, 4.69) is 45.0 Å². The zero-order valence-electron chi connectivity index (χ0n) is 5.06. The molecule has 0 aromatic rings. The van der Waals surface area contributed by atoms with E-state index >= 15 is 0 Å². The molecule has 0 spiro atoms. The topological polar surface area (TPSA) is 23.9 Å². The van der Waals surface area contributed by atoms with E-state index in [1.807, 2.05) is 0 Å². The standard InChI is InChI=1S/C3H7N.2ClHS.ClH/c1-3(2)4;2*1-2;/h4H,1-2H3;2*2H;1H. The van der Waals surface area contributed by atoms with E-state index in [9.17, 15) is 0 Å². The lowest BCUT2D eigenvalue weighted by Gasteiger charge is -1.63. The van der Waals surface area contributed by atoms with Gasteiger partial charge in [0.1, 0.15) is 0 Å². The highest BCUT2D eigenvalue weighted by Gasteiger charge is 1.55. The van der Waals surface area contributed by atoms with Gasteiger partial charge in [-0.1, -0.05) is 23.7 Å². The van der Waals surface area contributed by atoms with Crippen LogP contribution in [0.15, 0.2) is 0 Å². The molecule has 0 heterocycles. The van der Waals surface area contributed by atoms with Crippen molar-refractivity contribution in [2.75, 3.05) is 0 Å². The van der Waals surface area contributed by atoms with Crippen LogP contribution in [0.4, 0.5) is 0 Å². The summed E-state index contributed by atoms with van der Waals surface area (Å²) in [5.74, 6) is 0. The molecule has 6 heteroatoms. The quantitative estimate of drug-likeness (QED) is 0.418. The lowest BCUT2D eigenvalue weighted by atomic mass is 10.5. The van der Waals surface area contributed by atoms with E-state index in [0.717, 1.165) is 0 Å². The molecule has 0 aliphatic rings. The summed E-state index contributed by atoms with van der Waals surface area (Å²) in [6, 6.07) is 0. The molecule has 0 aliphatic carbocycles. The summed E-state index contributed by atoms with van der Waals surface area (Å²) >= 11 is 6.00. The third kappa shape index (κ3) is 315. The third-order valence-electron chi connectivity index (χ3n) is 0. The number of hydrogen-bond acceptors (Lipinski definition) is 3. The van der Waals surface area contributed by atoms with E-state index in [-0.39, 0.29) is 12.4 Å². The molecule has 0 aliphatic heterocycles. The average Bonchev–Trinajstić information content (AvgIpc) is 1.75. The molecule has 0 bridgehead atoms. The summed E-state index contributed by atoms with van der Waals surface area (Å²) in [5.41, 5.74) is 0.667. The van der Waals surface area contributed by atoms with Crippen LogP contribution >= 0.6 is 57.5 Å². The van der Waals surface area contributed by atoms with Crippen LogP contribution in [0.25, 0.3) is 0 Å². The van der Waals surface area contributed by atoms with Gasteiger partial charge in [0.25, 0.3) is 0 Å². The summed E-state index contributed by atoms with van der Waals surface area (Å²) < 4.78 is 0. The fourth-order valence-corrected chi connectivity index (χ4v) is 0. The molecule has 0 aromatic heterocycles. The Bertz CT molecular complexity index is 40.0. The molecule has 0 aromatic carbocycles. The molecule has 1 N–H and O–H groups in total. The van der Waals surface area contributed by atoms with Gasteiger partial charge in [0.15, 0.2) is 0 Å². The van der Waals surface area contributed by atoms with Crippen LogP contribution in [0.1, 0.15) is 13.8 Å². The minimum absolute atomic E-state index is 0. The largest absolute Gasteiger partial charge is 0.310 e. The van der Waals surface area contributed by atoms with Crippen LogP contribution in [0.3, 0.4) is 0 Å². The van der Waals surface area contributed by atoms with Crippen molar-refractivity contribution in [3.05, 3.63) is 0 Å². The molecule has 0 saturated carbocycles. The Kier molecular flexibility index (Phi) is 87.1. The van der Waals surface area contributed by atoms with Gasteiger partial charge in [-0.05, 0) is 35.2 Å². The summed E-state index contributed by atoms with van der Waals surface area (Å²) in [4.78, 5) is 0. The fourth-order valence-electron chi connectivity index (χ4n) is 0. The predicted molar refractivity (Wildman–Crippen MR) is 56.0 cm³/mol. The van der Waals surface area contributed by atoms with Crippen LogP contribution in [0, 0.1) is 5.41 Å². The van der Waals surface area contributed by atoms with E-state index in [1.165, 1.54) is 0 Å². The number of rotatable bonds is 0. The van der Waals surface area contributed by atoms with Gasteiger partial charge in [-0.25, -0.2) is 0 Å². The monoisotopic (exact) mass is 229 g/mol. The Morgan fingerprint density at radius 3 is 1.11 bits per heavy atom. The molecule has 60 valence electrons. The van der Waals surface area contributed by atoms with Crippen molar-refractivity contribution in [1.82, 2.24) is 0 Å². The molecular formula is C3H10Cl3NS2. The summed E-state index contributed by atoms with van der Waals surface area (Å²) in [7, 11) is 8.67. The Balaban J connectivity index is -0.0000000221. The van der Waals surface area contributed by atoms with Gasteiger partial charge in [-0.15, -0.1) is 12.4 Å². The zero-order chi connectivity index (χ0) is 7.58. The van der Waals surface area contributed by atoms with Gasteiger partial charge >= 0.3 is 0 Å². The molecule has 0 rings (SSSR count). The minimum atomic E-state index is 0. The van der Waals surface area contributed by atoms with Crippen molar-refractivity contribution in [2.24, 2.45) is 0 Å². The van der Waals surface area contributed by atoms with Crippen molar-refractivity contribution in [1.29, 1.82) is 5.41 Å². The Morgan fingerprint density at radius 2 is 1.11 bits per heavy atom. The van der Waals surface area contributed by atoms with Crippen LogP contribution < -0.4 is 0 Å². The summed E-state index contributed by atoms with van der Waals surface area (Å²) in [6.07, 6.45) is 0. The maximum atomic E-state index is 6.50. The highest BCUT2D eigenvalue weighted by atomic mass is 35.7. The fraction of sp³-hybridized carbons (Fsp3) is 0.667. The summed E-state index contributed by atoms with van der Waals surface area (Å²) in [6.45, 7) is 3.50. The van der Waals surface area contributed by atoms with E-state index in [1.54, 1.807) is 13.8 Å². The van der Waals surface area contributed by atoms with Gasteiger partial charge in [-0.2, -0.15) is 0 Å². The van der Waals surface area contributed by atoms with Gasteiger partial charge < -0.3 is 5.41 Å². The molecule has 0 amide bonds. The van der Waals surface area contributed by atoms with Crippen LogP contribution in [-0.4, -0.2) is 5.71 Å². The number of halogens is 3.